The van der Waals surface area contributed by atoms with Gasteiger partial charge < -0.3 is 14.5 Å². The van der Waals surface area contributed by atoms with Crippen molar-refractivity contribution in [2.24, 2.45) is 5.92 Å². The highest BCUT2D eigenvalue weighted by Crippen LogP contribution is 2.33. The number of anilines is 1. The van der Waals surface area contributed by atoms with E-state index in [-0.39, 0.29) is 11.8 Å². The van der Waals surface area contributed by atoms with Gasteiger partial charge in [0.2, 0.25) is 5.91 Å². The Morgan fingerprint density at radius 2 is 2.04 bits per heavy atom. The fourth-order valence-electron chi connectivity index (χ4n) is 3.84. The summed E-state index contributed by atoms with van der Waals surface area (Å²) in [6.07, 6.45) is 6.52. The maximum absolute atomic E-state index is 12.6. The number of aromatic nitrogens is 3. The van der Waals surface area contributed by atoms with E-state index in [2.05, 4.69) is 25.2 Å². The number of amides is 1. The number of oxazole rings is 1. The van der Waals surface area contributed by atoms with Gasteiger partial charge in [-0.15, -0.1) is 0 Å². The first-order valence-corrected chi connectivity index (χ1v) is 9.54. The second-order valence-corrected chi connectivity index (χ2v) is 7.28. The molecule has 144 valence electrons. The average molecular weight is 379 g/mol. The fourth-order valence-corrected chi connectivity index (χ4v) is 3.84. The lowest BCUT2D eigenvalue weighted by molar-refractivity contribution is -0.125. The number of fused-ring (bicyclic) bond motifs is 1. The first kappa shape index (κ1) is 17.3. The molecule has 4 heterocycles. The molecule has 1 saturated carbocycles. The number of pyridine rings is 2. The van der Waals surface area contributed by atoms with E-state index < -0.39 is 0 Å². The highest BCUT2D eigenvalue weighted by atomic mass is 16.5. The molecule has 28 heavy (non-hydrogen) atoms. The Hall–Kier alpha value is -2.84. The first-order chi connectivity index (χ1) is 13.8. The average Bonchev–Trinajstić information content (AvgIpc) is 3.22. The van der Waals surface area contributed by atoms with E-state index in [0.717, 1.165) is 50.0 Å². The Morgan fingerprint density at radius 3 is 2.82 bits per heavy atom. The van der Waals surface area contributed by atoms with Crippen LogP contribution in [0.3, 0.4) is 0 Å². The summed E-state index contributed by atoms with van der Waals surface area (Å²) in [4.78, 5) is 27.9. The molecule has 3 aromatic heterocycles. The summed E-state index contributed by atoms with van der Waals surface area (Å²) in [5, 5.41) is 3.84. The van der Waals surface area contributed by atoms with Gasteiger partial charge in [0, 0.05) is 42.7 Å². The summed E-state index contributed by atoms with van der Waals surface area (Å²) >= 11 is 0. The van der Waals surface area contributed by atoms with Crippen molar-refractivity contribution in [2.45, 2.75) is 18.9 Å². The summed E-state index contributed by atoms with van der Waals surface area (Å²) in [5.74, 6) is 1.20. The zero-order valence-corrected chi connectivity index (χ0v) is 15.4. The van der Waals surface area contributed by atoms with Gasteiger partial charge in [-0.05, 0) is 25.0 Å². The lowest BCUT2D eigenvalue weighted by Gasteiger charge is -2.43. The normalized spacial score (nSPS) is 22.7. The Bertz CT molecular complexity index is 979. The molecule has 1 aliphatic carbocycles. The van der Waals surface area contributed by atoms with Crippen LogP contribution in [-0.2, 0) is 9.53 Å². The number of hydrogen-bond donors (Lipinski definition) is 1. The molecule has 1 saturated heterocycles. The maximum atomic E-state index is 12.6. The molecule has 1 aliphatic heterocycles. The quantitative estimate of drug-likeness (QED) is 0.743. The number of hydrogen-bond acceptors (Lipinski definition) is 7. The molecule has 0 aromatic carbocycles. The van der Waals surface area contributed by atoms with Gasteiger partial charge in [-0.25, -0.2) is 15.0 Å². The monoisotopic (exact) mass is 379 g/mol. The molecule has 0 bridgehead atoms. The largest absolute Gasteiger partial charge is 0.442 e. The van der Waals surface area contributed by atoms with Crippen LogP contribution in [0.25, 0.3) is 22.4 Å². The first-order valence-electron chi connectivity index (χ1n) is 9.54. The van der Waals surface area contributed by atoms with E-state index in [1.165, 1.54) is 6.39 Å². The SMILES string of the molecule is O=C(Nc1cc2nc(-c3cnco3)ccc2cn1)C1CC(N2CCOCC2)C1. The van der Waals surface area contributed by atoms with E-state index in [1.807, 2.05) is 12.1 Å². The minimum atomic E-state index is 0.0303. The molecule has 1 N–H and O–H groups in total. The van der Waals surface area contributed by atoms with E-state index in [0.29, 0.717) is 23.3 Å². The van der Waals surface area contributed by atoms with Gasteiger partial charge in [-0.3, -0.25) is 9.69 Å². The standard InChI is InChI=1S/C20H21N5O3/c26-20(14-7-15(8-14)25-3-5-27-6-4-25)24-19-9-17-13(10-22-19)1-2-16(23-17)18-11-21-12-28-18/h1-2,9-12,14-15H,3-8H2,(H,22,24,26). The molecule has 3 aromatic rings. The highest BCUT2D eigenvalue weighted by Gasteiger charge is 2.38. The zero-order valence-electron chi connectivity index (χ0n) is 15.4. The van der Waals surface area contributed by atoms with Crippen LogP contribution in [0, 0.1) is 5.92 Å². The van der Waals surface area contributed by atoms with Gasteiger partial charge in [0.15, 0.2) is 12.2 Å². The minimum absolute atomic E-state index is 0.0303. The van der Waals surface area contributed by atoms with Gasteiger partial charge >= 0.3 is 0 Å². The smallest absolute Gasteiger partial charge is 0.228 e. The predicted octanol–water partition coefficient (Wildman–Crippen LogP) is 2.33. The molecular weight excluding hydrogens is 358 g/mol. The van der Waals surface area contributed by atoms with E-state index in [9.17, 15) is 4.79 Å². The molecule has 0 atom stereocenters. The third kappa shape index (κ3) is 3.36. The molecule has 1 amide bonds. The molecule has 8 nitrogen and oxygen atoms in total. The van der Waals surface area contributed by atoms with Crippen LogP contribution < -0.4 is 5.32 Å². The van der Waals surface area contributed by atoms with Crippen molar-refractivity contribution < 1.29 is 13.9 Å². The molecule has 2 aliphatic rings. The summed E-state index contributed by atoms with van der Waals surface area (Å²) in [6.45, 7) is 3.50. The predicted molar refractivity (Wildman–Crippen MR) is 103 cm³/mol. The number of morpholine rings is 1. The number of ether oxygens (including phenoxy) is 1. The number of rotatable bonds is 4. The summed E-state index contributed by atoms with van der Waals surface area (Å²) in [7, 11) is 0. The van der Waals surface area contributed by atoms with E-state index in [1.54, 1.807) is 18.5 Å². The van der Waals surface area contributed by atoms with Gasteiger partial charge in [0.05, 0.1) is 24.9 Å². The van der Waals surface area contributed by atoms with Crippen LogP contribution in [-0.4, -0.2) is 58.1 Å². The maximum Gasteiger partial charge on any atom is 0.228 e. The third-order valence-corrected chi connectivity index (χ3v) is 5.56. The van der Waals surface area contributed by atoms with Gasteiger partial charge in [0.25, 0.3) is 0 Å². The Labute approximate surface area is 161 Å². The topological polar surface area (TPSA) is 93.4 Å². The highest BCUT2D eigenvalue weighted by molar-refractivity contribution is 5.94. The van der Waals surface area contributed by atoms with Crippen LogP contribution in [0.1, 0.15) is 12.8 Å². The zero-order chi connectivity index (χ0) is 18.9. The number of carbonyl (C=O) groups excluding carboxylic acids is 1. The molecule has 0 spiro atoms. The molecule has 0 radical (unpaired) electrons. The van der Waals surface area contributed by atoms with Crippen molar-refractivity contribution in [2.75, 3.05) is 31.6 Å². The van der Waals surface area contributed by atoms with Gasteiger partial charge in [0.1, 0.15) is 11.5 Å². The molecular formula is C20H21N5O3. The lowest BCUT2D eigenvalue weighted by Crippen LogP contribution is -2.52. The molecule has 0 unspecified atom stereocenters. The van der Waals surface area contributed by atoms with Gasteiger partial charge in [-0.2, -0.15) is 0 Å². The molecule has 8 heteroatoms. The second-order valence-electron chi connectivity index (χ2n) is 7.28. The molecule has 2 fully saturated rings. The van der Waals surface area contributed by atoms with Crippen molar-refractivity contribution >= 4 is 22.6 Å². The Morgan fingerprint density at radius 1 is 1.18 bits per heavy atom. The van der Waals surface area contributed by atoms with Crippen LogP contribution in [0.5, 0.6) is 0 Å². The minimum Gasteiger partial charge on any atom is -0.442 e. The molecule has 5 rings (SSSR count). The Kier molecular flexibility index (Phi) is 4.50. The van der Waals surface area contributed by atoms with E-state index in [4.69, 9.17) is 9.15 Å². The van der Waals surface area contributed by atoms with Crippen LogP contribution in [0.15, 0.2) is 41.4 Å². The van der Waals surface area contributed by atoms with Crippen LogP contribution in [0.2, 0.25) is 0 Å². The Balaban J connectivity index is 1.25. The summed E-state index contributed by atoms with van der Waals surface area (Å²) < 4.78 is 10.7. The number of carbonyl (C=O) groups is 1. The summed E-state index contributed by atoms with van der Waals surface area (Å²) in [5.41, 5.74) is 1.44. The van der Waals surface area contributed by atoms with Crippen molar-refractivity contribution in [3.63, 3.8) is 0 Å². The fraction of sp³-hybridized carbons (Fsp3) is 0.400. The second kappa shape index (κ2) is 7.29. The van der Waals surface area contributed by atoms with Crippen molar-refractivity contribution in [3.05, 3.63) is 37.0 Å². The summed E-state index contributed by atoms with van der Waals surface area (Å²) in [6, 6.07) is 6.08. The van der Waals surface area contributed by atoms with E-state index >= 15 is 0 Å². The van der Waals surface area contributed by atoms with Crippen LogP contribution >= 0.6 is 0 Å². The number of nitrogens with zero attached hydrogens (tertiary/aromatic N) is 4. The number of nitrogens with one attached hydrogen (secondary N) is 1. The van der Waals surface area contributed by atoms with Crippen molar-refractivity contribution in [1.29, 1.82) is 0 Å². The van der Waals surface area contributed by atoms with Crippen LogP contribution in [0.4, 0.5) is 5.82 Å². The van der Waals surface area contributed by atoms with Gasteiger partial charge in [-0.1, -0.05) is 0 Å². The lowest BCUT2D eigenvalue weighted by atomic mass is 9.78. The van der Waals surface area contributed by atoms with Crippen molar-refractivity contribution in [3.8, 4) is 11.5 Å². The third-order valence-electron chi connectivity index (χ3n) is 5.56. The van der Waals surface area contributed by atoms with Crippen molar-refractivity contribution in [1.82, 2.24) is 19.9 Å².